The van der Waals surface area contributed by atoms with Crippen molar-refractivity contribution in [3.63, 3.8) is 0 Å². The number of Topliss-reactive ketones (excluding diaryl/α,β-unsaturated/α-hetero) is 1. The van der Waals surface area contributed by atoms with Crippen LogP contribution in [-0.2, 0) is 23.4 Å². The Morgan fingerprint density at radius 1 is 1.39 bits per heavy atom. The van der Waals surface area contributed by atoms with Gasteiger partial charge in [-0.2, -0.15) is 0 Å². The number of nitrogens with two attached hydrogens (primary N) is 1. The minimum atomic E-state index is -4.84. The van der Waals surface area contributed by atoms with Crippen molar-refractivity contribution in [2.24, 2.45) is 5.73 Å². The number of carbonyl (C=O) groups is 2. The van der Waals surface area contributed by atoms with Gasteiger partial charge >= 0.3 is 7.82 Å². The van der Waals surface area contributed by atoms with E-state index in [1.807, 2.05) is 0 Å². The maximum absolute atomic E-state index is 11.1. The third kappa shape index (κ3) is 7.45. The summed E-state index contributed by atoms with van der Waals surface area (Å²) in [7, 11) is -4.84. The summed E-state index contributed by atoms with van der Waals surface area (Å²) < 4.78 is 18.3. The van der Waals surface area contributed by atoms with Crippen LogP contribution in [0.2, 0.25) is 0 Å². The second-order valence-electron chi connectivity index (χ2n) is 3.25. The number of ether oxygens (including phenoxy) is 1. The molecule has 0 spiro atoms. The molecule has 106 valence electrons. The third-order valence-electron chi connectivity index (χ3n) is 1.77. The fourth-order valence-electron chi connectivity index (χ4n) is 0.941. The lowest BCUT2D eigenvalue weighted by atomic mass is 10.1. The lowest BCUT2D eigenvalue weighted by Gasteiger charge is -2.19. The van der Waals surface area contributed by atoms with Gasteiger partial charge in [-0.05, 0) is 0 Å². The number of hydrogen-bond acceptors (Lipinski definition) is 8. The highest BCUT2D eigenvalue weighted by atomic mass is 31.2. The zero-order chi connectivity index (χ0) is 14.3. The molecule has 10 nitrogen and oxygen atoms in total. The van der Waals surface area contributed by atoms with Gasteiger partial charge in [0.15, 0.2) is 12.0 Å². The van der Waals surface area contributed by atoms with Gasteiger partial charge in [0, 0.05) is 6.42 Å². The van der Waals surface area contributed by atoms with Crippen LogP contribution in [0, 0.1) is 0 Å². The molecule has 0 aromatic rings. The fraction of sp³-hybridized carbons (Fsp3) is 0.714. The van der Waals surface area contributed by atoms with Crippen molar-refractivity contribution in [1.82, 2.24) is 0 Å². The average molecular weight is 287 g/mol. The van der Waals surface area contributed by atoms with E-state index in [4.69, 9.17) is 15.5 Å². The molecule has 0 fully saturated rings. The number of phosphoric ester groups is 1. The minimum Gasteiger partial charge on any atom is -0.449 e. The van der Waals surface area contributed by atoms with Crippen LogP contribution in [0.1, 0.15) is 6.42 Å². The Balaban J connectivity index is 4.19. The van der Waals surface area contributed by atoms with E-state index < -0.39 is 45.1 Å². The first-order valence-electron chi connectivity index (χ1n) is 4.61. The van der Waals surface area contributed by atoms with Crippen molar-refractivity contribution in [3.05, 3.63) is 0 Å². The van der Waals surface area contributed by atoms with E-state index in [0.717, 1.165) is 0 Å². The van der Waals surface area contributed by atoms with E-state index in [2.05, 4.69) is 9.26 Å². The Hall–Kier alpha value is -0.870. The number of phosphoric acid groups is 1. The summed E-state index contributed by atoms with van der Waals surface area (Å²) in [5, 5.41) is 18.6. The van der Waals surface area contributed by atoms with E-state index in [1.54, 1.807) is 0 Å². The highest BCUT2D eigenvalue weighted by Gasteiger charge is 2.28. The standard InChI is InChI=1S/C7H14NO9P/c8-6(16-3-9)1-4(10)7(12)5(11)2-17-18(13,14)15/h3-4,6-7,10,12H,1-2,8H2,(H2,13,14,15). The summed E-state index contributed by atoms with van der Waals surface area (Å²) in [5.74, 6) is -1.15. The molecule has 0 aliphatic heterocycles. The zero-order valence-corrected chi connectivity index (χ0v) is 9.97. The van der Waals surface area contributed by atoms with Crippen molar-refractivity contribution in [1.29, 1.82) is 0 Å². The SMILES string of the molecule is NC(CC(O)C(O)C(=O)COP(=O)(O)O)OC=O. The van der Waals surface area contributed by atoms with Crippen LogP contribution >= 0.6 is 7.82 Å². The number of aliphatic hydroxyl groups is 2. The molecule has 0 saturated carbocycles. The molecule has 0 aliphatic rings. The molecular formula is C7H14NO9P. The van der Waals surface area contributed by atoms with Crippen molar-refractivity contribution in [3.8, 4) is 0 Å². The molecule has 0 aliphatic carbocycles. The summed E-state index contributed by atoms with van der Waals surface area (Å²) in [6.07, 6.45) is -5.27. The van der Waals surface area contributed by atoms with Crippen molar-refractivity contribution in [2.75, 3.05) is 6.61 Å². The maximum atomic E-state index is 11.1. The Morgan fingerprint density at radius 2 is 1.94 bits per heavy atom. The van der Waals surface area contributed by atoms with Gasteiger partial charge in [0.1, 0.15) is 12.7 Å². The van der Waals surface area contributed by atoms with Gasteiger partial charge in [-0.3, -0.25) is 19.8 Å². The van der Waals surface area contributed by atoms with Gasteiger partial charge in [0.05, 0.1) is 6.10 Å². The first kappa shape index (κ1) is 17.1. The second-order valence-corrected chi connectivity index (χ2v) is 4.49. The number of aliphatic hydroxyl groups excluding tert-OH is 2. The van der Waals surface area contributed by atoms with Gasteiger partial charge in [0.2, 0.25) is 0 Å². The Morgan fingerprint density at radius 3 is 2.39 bits per heavy atom. The Bertz CT molecular complexity index is 329. The number of hydrogen-bond donors (Lipinski definition) is 5. The molecule has 3 unspecified atom stereocenters. The van der Waals surface area contributed by atoms with Crippen molar-refractivity contribution in [2.45, 2.75) is 24.9 Å². The number of carbonyl (C=O) groups excluding carboxylic acids is 2. The van der Waals surface area contributed by atoms with Gasteiger partial charge in [-0.25, -0.2) is 4.57 Å². The van der Waals surface area contributed by atoms with Gasteiger partial charge < -0.3 is 24.7 Å². The minimum absolute atomic E-state index is 0.0302. The number of ketones is 1. The Labute approximate surface area is 102 Å². The smallest absolute Gasteiger partial charge is 0.449 e. The summed E-state index contributed by atoms with van der Waals surface area (Å²) in [6.45, 7) is -1.05. The van der Waals surface area contributed by atoms with Crippen LogP contribution < -0.4 is 5.73 Å². The van der Waals surface area contributed by atoms with Crippen LogP contribution in [0.3, 0.4) is 0 Å². The maximum Gasteiger partial charge on any atom is 0.470 e. The third-order valence-corrected chi connectivity index (χ3v) is 2.24. The highest BCUT2D eigenvalue weighted by molar-refractivity contribution is 7.46. The van der Waals surface area contributed by atoms with Crippen molar-refractivity contribution >= 4 is 20.1 Å². The largest absolute Gasteiger partial charge is 0.470 e. The van der Waals surface area contributed by atoms with Crippen LogP contribution in [0.4, 0.5) is 0 Å². The predicted molar refractivity (Wildman–Crippen MR) is 54.8 cm³/mol. The molecule has 0 aromatic carbocycles. The van der Waals surface area contributed by atoms with Crippen LogP contribution in [0.25, 0.3) is 0 Å². The van der Waals surface area contributed by atoms with E-state index in [-0.39, 0.29) is 6.47 Å². The van der Waals surface area contributed by atoms with E-state index in [1.165, 1.54) is 0 Å². The summed E-state index contributed by atoms with van der Waals surface area (Å²) >= 11 is 0. The molecular weight excluding hydrogens is 273 g/mol. The van der Waals surface area contributed by atoms with Crippen LogP contribution in [0.15, 0.2) is 0 Å². The Kier molecular flexibility index (Phi) is 7.18. The topological polar surface area (TPSA) is 177 Å². The average Bonchev–Trinajstić information content (AvgIpc) is 2.23. The molecule has 0 bridgehead atoms. The molecule has 0 saturated heterocycles. The highest BCUT2D eigenvalue weighted by Crippen LogP contribution is 2.35. The molecule has 0 aromatic heterocycles. The molecule has 0 radical (unpaired) electrons. The van der Waals surface area contributed by atoms with Gasteiger partial charge in [0.25, 0.3) is 6.47 Å². The summed E-state index contributed by atoms with van der Waals surface area (Å²) in [5.41, 5.74) is 5.17. The lowest BCUT2D eigenvalue weighted by Crippen LogP contribution is -2.40. The first-order chi connectivity index (χ1) is 8.17. The molecule has 0 heterocycles. The van der Waals surface area contributed by atoms with E-state index in [0.29, 0.717) is 0 Å². The molecule has 0 rings (SSSR count). The molecule has 3 atom stereocenters. The molecule has 18 heavy (non-hydrogen) atoms. The summed E-state index contributed by atoms with van der Waals surface area (Å²) in [4.78, 5) is 37.7. The predicted octanol–water partition coefficient (Wildman–Crippen LogP) is -2.77. The monoisotopic (exact) mass is 287 g/mol. The van der Waals surface area contributed by atoms with Crippen LogP contribution in [-0.4, -0.2) is 57.3 Å². The normalized spacial score (nSPS) is 16.7. The molecule has 11 heteroatoms. The van der Waals surface area contributed by atoms with Crippen LogP contribution in [0.5, 0.6) is 0 Å². The first-order valence-corrected chi connectivity index (χ1v) is 6.14. The molecule has 6 N–H and O–H groups in total. The number of rotatable bonds is 9. The van der Waals surface area contributed by atoms with Crippen molar-refractivity contribution < 1.29 is 43.4 Å². The van der Waals surface area contributed by atoms with E-state index >= 15 is 0 Å². The van der Waals surface area contributed by atoms with Gasteiger partial charge in [-0.15, -0.1) is 0 Å². The quantitative estimate of drug-likeness (QED) is 0.169. The fourth-order valence-corrected chi connectivity index (χ4v) is 1.24. The summed E-state index contributed by atoms with van der Waals surface area (Å²) in [6, 6.07) is 0. The second kappa shape index (κ2) is 7.54. The van der Waals surface area contributed by atoms with E-state index in [9.17, 15) is 24.4 Å². The van der Waals surface area contributed by atoms with Gasteiger partial charge in [-0.1, -0.05) is 0 Å². The molecule has 0 amide bonds. The zero-order valence-electron chi connectivity index (χ0n) is 9.08. The lowest BCUT2D eigenvalue weighted by molar-refractivity contribution is -0.140.